The summed E-state index contributed by atoms with van der Waals surface area (Å²) in [5.74, 6) is 2.72. The Morgan fingerprint density at radius 3 is 2.72 bits per heavy atom. The average Bonchev–Trinajstić information content (AvgIpc) is 2.73. The number of piperidine rings is 1. The highest BCUT2D eigenvalue weighted by atomic mass is 16.5. The molecule has 3 saturated carbocycles. The molecular formula is C23H30N2O4. The Morgan fingerprint density at radius 1 is 1.24 bits per heavy atom. The molecule has 4 fully saturated rings. The van der Waals surface area contributed by atoms with E-state index < -0.39 is 5.72 Å². The SMILES string of the molecule is COc1ccc2c(c1)O[C@]1(C[C@H]3CC[C@@H]1C[C@H]3C(=O)N1CCC(C)CC1)NC2=O. The predicted molar refractivity (Wildman–Crippen MR) is 108 cm³/mol. The van der Waals surface area contributed by atoms with Crippen molar-refractivity contribution in [1.29, 1.82) is 0 Å². The van der Waals surface area contributed by atoms with Gasteiger partial charge in [-0.3, -0.25) is 9.59 Å². The minimum Gasteiger partial charge on any atom is -0.497 e. The Morgan fingerprint density at radius 2 is 2.03 bits per heavy atom. The van der Waals surface area contributed by atoms with Gasteiger partial charge in [-0.15, -0.1) is 0 Å². The zero-order valence-corrected chi connectivity index (χ0v) is 17.3. The molecule has 5 aliphatic rings. The monoisotopic (exact) mass is 398 g/mol. The van der Waals surface area contributed by atoms with Crippen LogP contribution in [0.25, 0.3) is 0 Å². The van der Waals surface area contributed by atoms with E-state index in [1.807, 2.05) is 0 Å². The first-order valence-electron chi connectivity index (χ1n) is 11.0. The lowest BCUT2D eigenvalue weighted by atomic mass is 9.59. The fourth-order valence-corrected chi connectivity index (χ4v) is 5.88. The van der Waals surface area contributed by atoms with Crippen LogP contribution < -0.4 is 14.8 Å². The Balaban J connectivity index is 1.36. The van der Waals surface area contributed by atoms with Crippen LogP contribution in [-0.2, 0) is 4.79 Å². The standard InChI is InChI=1S/C23H30N2O4/c1-14-7-9-25(10-8-14)22(27)19-11-16-4-3-15(19)13-23(16)24-21(26)18-6-5-17(28-2)12-20(18)29-23/h5-6,12,14-16,19H,3-4,7-11,13H2,1-2H3,(H,24,26)/t15-,16-,19-,23+/m1/s1. The third-order valence-electron chi connectivity index (χ3n) is 7.68. The third kappa shape index (κ3) is 3.08. The van der Waals surface area contributed by atoms with Gasteiger partial charge in [-0.1, -0.05) is 6.92 Å². The Bertz CT molecular complexity index is 832. The summed E-state index contributed by atoms with van der Waals surface area (Å²) >= 11 is 0. The minimum absolute atomic E-state index is 0.0694. The molecule has 2 amide bonds. The molecule has 29 heavy (non-hydrogen) atoms. The zero-order valence-electron chi connectivity index (χ0n) is 17.3. The van der Waals surface area contributed by atoms with Gasteiger partial charge in [-0.25, -0.2) is 0 Å². The lowest BCUT2D eigenvalue weighted by molar-refractivity contribution is -0.156. The van der Waals surface area contributed by atoms with E-state index in [1.54, 1.807) is 25.3 Å². The van der Waals surface area contributed by atoms with Crippen molar-refractivity contribution in [3.63, 3.8) is 0 Å². The van der Waals surface area contributed by atoms with Crippen LogP contribution in [0.1, 0.15) is 55.8 Å². The van der Waals surface area contributed by atoms with Crippen LogP contribution in [0.5, 0.6) is 11.5 Å². The number of benzene rings is 1. The van der Waals surface area contributed by atoms with Crippen LogP contribution in [-0.4, -0.2) is 42.6 Å². The highest BCUT2D eigenvalue weighted by molar-refractivity contribution is 5.98. The topological polar surface area (TPSA) is 67.9 Å². The number of hydrogen-bond donors (Lipinski definition) is 1. The van der Waals surface area contributed by atoms with Crippen molar-refractivity contribution in [2.75, 3.05) is 20.2 Å². The fraction of sp³-hybridized carbons (Fsp3) is 0.652. The average molecular weight is 399 g/mol. The van der Waals surface area contributed by atoms with Gasteiger partial charge >= 0.3 is 0 Å². The van der Waals surface area contributed by atoms with E-state index in [0.29, 0.717) is 35.3 Å². The molecule has 0 radical (unpaired) electrons. The maximum atomic E-state index is 13.2. The van der Waals surface area contributed by atoms with E-state index >= 15 is 0 Å². The first kappa shape index (κ1) is 18.8. The molecule has 2 heterocycles. The Labute approximate surface area is 171 Å². The first-order chi connectivity index (χ1) is 14.0. The van der Waals surface area contributed by atoms with Crippen molar-refractivity contribution in [3.05, 3.63) is 23.8 Å². The number of nitrogens with one attached hydrogen (secondary N) is 1. The molecule has 2 bridgehead atoms. The summed E-state index contributed by atoms with van der Waals surface area (Å²) in [6, 6.07) is 5.33. The lowest BCUT2D eigenvalue weighted by Gasteiger charge is -2.55. The van der Waals surface area contributed by atoms with Crippen molar-refractivity contribution in [3.8, 4) is 11.5 Å². The number of rotatable bonds is 2. The van der Waals surface area contributed by atoms with E-state index in [2.05, 4.69) is 17.1 Å². The van der Waals surface area contributed by atoms with Crippen LogP contribution in [0.15, 0.2) is 18.2 Å². The number of carbonyl (C=O) groups is 2. The molecule has 1 aromatic carbocycles. The number of likely N-dealkylation sites (tertiary alicyclic amines) is 1. The van der Waals surface area contributed by atoms with Gasteiger partial charge in [0, 0.05) is 37.4 Å². The molecule has 1 N–H and O–H groups in total. The lowest BCUT2D eigenvalue weighted by Crippen LogP contribution is -2.67. The predicted octanol–water partition coefficient (Wildman–Crippen LogP) is 3.21. The molecule has 6 rings (SSSR count). The van der Waals surface area contributed by atoms with Gasteiger partial charge < -0.3 is 19.7 Å². The fourth-order valence-electron chi connectivity index (χ4n) is 5.88. The van der Waals surface area contributed by atoms with Gasteiger partial charge in [0.2, 0.25) is 5.91 Å². The molecule has 0 aromatic heterocycles. The summed E-state index contributed by atoms with van der Waals surface area (Å²) in [5, 5.41) is 3.17. The van der Waals surface area contributed by atoms with Crippen molar-refractivity contribution >= 4 is 11.8 Å². The number of methoxy groups -OCH3 is 1. The molecule has 1 aromatic rings. The molecule has 0 unspecified atom stereocenters. The number of hydrogen-bond acceptors (Lipinski definition) is 4. The molecule has 6 heteroatoms. The molecule has 1 spiro atoms. The minimum atomic E-state index is -0.688. The van der Waals surface area contributed by atoms with Crippen molar-refractivity contribution < 1.29 is 19.1 Å². The number of ether oxygens (including phenoxy) is 2. The third-order valence-corrected chi connectivity index (χ3v) is 7.68. The Kier molecular flexibility index (Phi) is 4.48. The van der Waals surface area contributed by atoms with Gasteiger partial charge in [0.1, 0.15) is 11.5 Å². The molecule has 3 aliphatic carbocycles. The van der Waals surface area contributed by atoms with Crippen LogP contribution in [0.2, 0.25) is 0 Å². The smallest absolute Gasteiger partial charge is 0.258 e. The zero-order chi connectivity index (χ0) is 20.2. The van der Waals surface area contributed by atoms with Gasteiger partial charge in [-0.2, -0.15) is 0 Å². The maximum Gasteiger partial charge on any atom is 0.258 e. The molecule has 1 saturated heterocycles. The Hall–Kier alpha value is -2.24. The van der Waals surface area contributed by atoms with Crippen LogP contribution in [0, 0.1) is 23.7 Å². The summed E-state index contributed by atoms with van der Waals surface area (Å²) in [4.78, 5) is 28.2. The van der Waals surface area contributed by atoms with Gasteiger partial charge in [0.15, 0.2) is 5.72 Å². The van der Waals surface area contributed by atoms with Crippen LogP contribution in [0.4, 0.5) is 0 Å². The van der Waals surface area contributed by atoms with E-state index in [1.165, 1.54) is 0 Å². The molecule has 156 valence electrons. The number of nitrogens with zero attached hydrogens (tertiary/aromatic N) is 1. The normalized spacial score (nSPS) is 33.8. The van der Waals surface area contributed by atoms with Gasteiger partial charge in [0.05, 0.1) is 12.7 Å². The van der Waals surface area contributed by atoms with E-state index in [4.69, 9.17) is 9.47 Å². The van der Waals surface area contributed by atoms with Crippen molar-refractivity contribution in [2.24, 2.45) is 23.7 Å². The molecular weight excluding hydrogens is 368 g/mol. The van der Waals surface area contributed by atoms with Gasteiger partial charge in [0.25, 0.3) is 5.91 Å². The second-order valence-electron chi connectivity index (χ2n) is 9.40. The van der Waals surface area contributed by atoms with Crippen molar-refractivity contribution in [1.82, 2.24) is 10.2 Å². The second-order valence-corrected chi connectivity index (χ2v) is 9.40. The summed E-state index contributed by atoms with van der Waals surface area (Å²) in [5.41, 5.74) is -0.139. The van der Waals surface area contributed by atoms with E-state index in [-0.39, 0.29) is 23.7 Å². The number of amides is 2. The second kappa shape index (κ2) is 6.92. The van der Waals surface area contributed by atoms with E-state index in [0.717, 1.165) is 45.2 Å². The molecule has 2 aliphatic heterocycles. The van der Waals surface area contributed by atoms with Gasteiger partial charge in [-0.05, 0) is 56.1 Å². The van der Waals surface area contributed by atoms with E-state index in [9.17, 15) is 9.59 Å². The largest absolute Gasteiger partial charge is 0.497 e. The first-order valence-corrected chi connectivity index (χ1v) is 11.0. The molecule has 4 atom stereocenters. The highest BCUT2D eigenvalue weighted by Gasteiger charge is 2.57. The van der Waals surface area contributed by atoms with Crippen molar-refractivity contribution in [2.45, 2.75) is 51.2 Å². The summed E-state index contributed by atoms with van der Waals surface area (Å²) < 4.78 is 11.8. The number of fused-ring (bicyclic) bond motifs is 3. The maximum absolute atomic E-state index is 13.2. The summed E-state index contributed by atoms with van der Waals surface area (Å²) in [7, 11) is 1.61. The quantitative estimate of drug-likeness (QED) is 0.831. The highest BCUT2D eigenvalue weighted by Crippen LogP contribution is 2.53. The summed E-state index contributed by atoms with van der Waals surface area (Å²) in [6.45, 7) is 4.04. The summed E-state index contributed by atoms with van der Waals surface area (Å²) in [6.07, 6.45) is 5.75. The number of carbonyl (C=O) groups excluding carboxylic acids is 2. The molecule has 6 nitrogen and oxygen atoms in total. The van der Waals surface area contributed by atoms with Crippen LogP contribution >= 0.6 is 0 Å². The van der Waals surface area contributed by atoms with Crippen LogP contribution in [0.3, 0.4) is 0 Å².